The second-order valence-corrected chi connectivity index (χ2v) is 8.74. The fourth-order valence-corrected chi connectivity index (χ4v) is 4.72. The Morgan fingerprint density at radius 2 is 2.00 bits per heavy atom. The van der Waals surface area contributed by atoms with Crippen molar-refractivity contribution < 1.29 is 8.42 Å². The zero-order valence-electron chi connectivity index (χ0n) is 13.8. The summed E-state index contributed by atoms with van der Waals surface area (Å²) in [5.74, 6) is 0.433. The standard InChI is InChI=1S/C17H27N3O2S/c1-23(21,22)20-10-5-6-15(14-20)13-19-11-9-18-12-17(19)16-7-3-2-4-8-16/h2-4,7-8,15,17-18H,5-6,9-14H2,1H3. The van der Waals surface area contributed by atoms with Gasteiger partial charge in [0, 0.05) is 45.3 Å². The van der Waals surface area contributed by atoms with Gasteiger partial charge in [0.1, 0.15) is 0 Å². The molecule has 2 saturated heterocycles. The maximum atomic E-state index is 11.8. The molecule has 1 aromatic rings. The van der Waals surface area contributed by atoms with Crippen molar-refractivity contribution in [3.05, 3.63) is 35.9 Å². The molecule has 23 heavy (non-hydrogen) atoms. The molecule has 1 N–H and O–H groups in total. The normalized spacial score (nSPS) is 27.9. The van der Waals surface area contributed by atoms with E-state index in [0.717, 1.165) is 39.0 Å². The van der Waals surface area contributed by atoms with Crippen molar-refractivity contribution in [3.63, 3.8) is 0 Å². The molecule has 3 rings (SSSR count). The third-order valence-corrected chi connectivity index (χ3v) is 6.25. The van der Waals surface area contributed by atoms with Crippen molar-refractivity contribution in [2.45, 2.75) is 18.9 Å². The molecule has 0 bridgehead atoms. The van der Waals surface area contributed by atoms with Gasteiger partial charge >= 0.3 is 0 Å². The zero-order valence-corrected chi connectivity index (χ0v) is 14.6. The molecule has 2 fully saturated rings. The van der Waals surface area contributed by atoms with Crippen molar-refractivity contribution in [2.24, 2.45) is 5.92 Å². The number of hydrogen-bond donors (Lipinski definition) is 1. The van der Waals surface area contributed by atoms with E-state index in [2.05, 4.69) is 40.5 Å². The van der Waals surface area contributed by atoms with Crippen molar-refractivity contribution in [1.29, 1.82) is 0 Å². The molecule has 6 heteroatoms. The van der Waals surface area contributed by atoms with E-state index < -0.39 is 10.0 Å². The van der Waals surface area contributed by atoms with Gasteiger partial charge in [-0.1, -0.05) is 30.3 Å². The number of rotatable bonds is 4. The monoisotopic (exact) mass is 337 g/mol. The Kier molecular flexibility index (Phi) is 5.36. The van der Waals surface area contributed by atoms with E-state index in [0.29, 0.717) is 25.0 Å². The summed E-state index contributed by atoms with van der Waals surface area (Å²) in [6, 6.07) is 11.0. The van der Waals surface area contributed by atoms with Crippen LogP contribution in [-0.4, -0.2) is 63.1 Å². The minimum atomic E-state index is -3.06. The van der Waals surface area contributed by atoms with Gasteiger partial charge in [-0.05, 0) is 24.3 Å². The molecule has 5 nitrogen and oxygen atoms in total. The Bertz CT molecular complexity index is 606. The Morgan fingerprint density at radius 3 is 2.74 bits per heavy atom. The van der Waals surface area contributed by atoms with Gasteiger partial charge < -0.3 is 5.32 Å². The first-order valence-corrected chi connectivity index (χ1v) is 10.3. The Morgan fingerprint density at radius 1 is 1.22 bits per heavy atom. The average molecular weight is 337 g/mol. The average Bonchev–Trinajstić information content (AvgIpc) is 2.56. The van der Waals surface area contributed by atoms with Crippen LogP contribution in [0.1, 0.15) is 24.4 Å². The number of nitrogens with one attached hydrogen (secondary N) is 1. The van der Waals surface area contributed by atoms with E-state index in [1.54, 1.807) is 4.31 Å². The summed E-state index contributed by atoms with van der Waals surface area (Å²) >= 11 is 0. The molecular weight excluding hydrogens is 310 g/mol. The van der Waals surface area contributed by atoms with E-state index in [9.17, 15) is 8.42 Å². The number of hydrogen-bond acceptors (Lipinski definition) is 4. The number of piperazine rings is 1. The van der Waals surface area contributed by atoms with Crippen LogP contribution in [0.3, 0.4) is 0 Å². The lowest BCUT2D eigenvalue weighted by Crippen LogP contribution is -2.50. The molecule has 0 saturated carbocycles. The second-order valence-electron chi connectivity index (χ2n) is 6.75. The van der Waals surface area contributed by atoms with Crippen LogP contribution in [0.5, 0.6) is 0 Å². The summed E-state index contributed by atoms with van der Waals surface area (Å²) in [4.78, 5) is 2.53. The van der Waals surface area contributed by atoms with Crippen molar-refractivity contribution in [1.82, 2.24) is 14.5 Å². The molecule has 2 aliphatic heterocycles. The van der Waals surface area contributed by atoms with E-state index in [4.69, 9.17) is 0 Å². The molecule has 0 radical (unpaired) electrons. The minimum Gasteiger partial charge on any atom is -0.314 e. The first-order chi connectivity index (χ1) is 11.0. The molecular formula is C17H27N3O2S. The molecule has 1 aromatic carbocycles. The van der Waals surface area contributed by atoms with Gasteiger partial charge in [-0.3, -0.25) is 4.90 Å². The molecule has 2 aliphatic rings. The molecule has 2 unspecified atom stereocenters. The number of piperidine rings is 1. The molecule has 0 aromatic heterocycles. The number of nitrogens with zero attached hydrogens (tertiary/aromatic N) is 2. The van der Waals surface area contributed by atoms with Gasteiger partial charge in [-0.15, -0.1) is 0 Å². The predicted molar refractivity (Wildman–Crippen MR) is 92.8 cm³/mol. The third-order valence-electron chi connectivity index (χ3n) is 4.98. The number of benzene rings is 1. The van der Waals surface area contributed by atoms with Gasteiger partial charge in [0.05, 0.1) is 6.26 Å². The first kappa shape index (κ1) is 16.9. The summed E-state index contributed by atoms with van der Waals surface area (Å²) in [5, 5.41) is 3.49. The predicted octanol–water partition coefficient (Wildman–Crippen LogP) is 1.30. The van der Waals surface area contributed by atoms with Crippen molar-refractivity contribution in [3.8, 4) is 0 Å². The lowest BCUT2D eigenvalue weighted by Gasteiger charge is -2.40. The highest BCUT2D eigenvalue weighted by molar-refractivity contribution is 7.88. The van der Waals surface area contributed by atoms with Crippen LogP contribution in [0.4, 0.5) is 0 Å². The molecule has 0 amide bonds. The van der Waals surface area contributed by atoms with E-state index in [1.165, 1.54) is 11.8 Å². The maximum absolute atomic E-state index is 11.8. The quantitative estimate of drug-likeness (QED) is 0.900. The molecule has 0 aliphatic carbocycles. The Balaban J connectivity index is 1.67. The Hall–Kier alpha value is -0.950. The second kappa shape index (κ2) is 7.30. The molecule has 2 heterocycles. The molecule has 128 valence electrons. The fraction of sp³-hybridized carbons (Fsp3) is 0.647. The van der Waals surface area contributed by atoms with Crippen molar-refractivity contribution in [2.75, 3.05) is 45.5 Å². The highest BCUT2D eigenvalue weighted by atomic mass is 32.2. The minimum absolute atomic E-state index is 0.388. The zero-order chi connectivity index (χ0) is 16.3. The lowest BCUT2D eigenvalue weighted by atomic mass is 9.96. The topological polar surface area (TPSA) is 52.7 Å². The SMILES string of the molecule is CS(=O)(=O)N1CCCC(CN2CCNCC2c2ccccc2)C1. The van der Waals surface area contributed by atoms with Crippen molar-refractivity contribution >= 4 is 10.0 Å². The van der Waals surface area contributed by atoms with Crippen LogP contribution in [0.25, 0.3) is 0 Å². The largest absolute Gasteiger partial charge is 0.314 e. The van der Waals surface area contributed by atoms with Crippen LogP contribution < -0.4 is 5.32 Å². The third kappa shape index (κ3) is 4.32. The lowest BCUT2D eigenvalue weighted by molar-refractivity contribution is 0.115. The van der Waals surface area contributed by atoms with E-state index in [-0.39, 0.29) is 0 Å². The van der Waals surface area contributed by atoms with Gasteiger partial charge in [0.25, 0.3) is 0 Å². The summed E-state index contributed by atoms with van der Waals surface area (Å²) in [7, 11) is -3.06. The van der Waals surface area contributed by atoms with Gasteiger partial charge in [0.2, 0.25) is 10.0 Å². The van der Waals surface area contributed by atoms with Gasteiger partial charge in [-0.2, -0.15) is 0 Å². The first-order valence-electron chi connectivity index (χ1n) is 8.49. The highest BCUT2D eigenvalue weighted by Gasteiger charge is 2.30. The molecule has 2 atom stereocenters. The van der Waals surface area contributed by atoms with Crippen LogP contribution in [0.2, 0.25) is 0 Å². The summed E-state index contributed by atoms with van der Waals surface area (Å²) in [6.45, 7) is 5.32. The van der Waals surface area contributed by atoms with Crippen LogP contribution >= 0.6 is 0 Å². The number of sulfonamides is 1. The van der Waals surface area contributed by atoms with Crippen LogP contribution in [0.15, 0.2) is 30.3 Å². The summed E-state index contributed by atoms with van der Waals surface area (Å²) < 4.78 is 25.3. The van der Waals surface area contributed by atoms with Gasteiger partial charge in [0.15, 0.2) is 0 Å². The van der Waals surface area contributed by atoms with E-state index >= 15 is 0 Å². The molecule has 0 spiro atoms. The fourth-order valence-electron chi connectivity index (χ4n) is 3.78. The van der Waals surface area contributed by atoms with Crippen LogP contribution in [0, 0.1) is 5.92 Å². The summed E-state index contributed by atoms with van der Waals surface area (Å²) in [5.41, 5.74) is 1.34. The Labute approximate surface area is 139 Å². The van der Waals surface area contributed by atoms with E-state index in [1.807, 2.05) is 0 Å². The smallest absolute Gasteiger partial charge is 0.211 e. The highest BCUT2D eigenvalue weighted by Crippen LogP contribution is 2.26. The van der Waals surface area contributed by atoms with Crippen LogP contribution in [-0.2, 0) is 10.0 Å². The summed E-state index contributed by atoms with van der Waals surface area (Å²) in [6.07, 6.45) is 3.42. The van der Waals surface area contributed by atoms with Gasteiger partial charge in [-0.25, -0.2) is 12.7 Å². The maximum Gasteiger partial charge on any atom is 0.211 e.